The molecule has 0 bridgehead atoms. The SMILES string of the molecule is NC(CC(=O)O)C(OCc1ccccc1)OCc1ccccc1. The van der Waals surface area contributed by atoms with E-state index in [1.165, 1.54) is 0 Å². The molecule has 5 nitrogen and oxygen atoms in total. The third kappa shape index (κ3) is 6.20. The number of hydrogen-bond donors (Lipinski definition) is 2. The maximum atomic E-state index is 10.9. The molecular weight excluding hydrogens is 294 g/mol. The lowest BCUT2D eigenvalue weighted by Crippen LogP contribution is -2.40. The van der Waals surface area contributed by atoms with Crippen LogP contribution in [0.15, 0.2) is 60.7 Å². The lowest BCUT2D eigenvalue weighted by molar-refractivity contribution is -0.173. The Morgan fingerprint density at radius 2 is 1.35 bits per heavy atom. The smallest absolute Gasteiger partial charge is 0.305 e. The molecule has 1 unspecified atom stereocenters. The van der Waals surface area contributed by atoms with E-state index in [0.29, 0.717) is 13.2 Å². The highest BCUT2D eigenvalue weighted by molar-refractivity contribution is 5.67. The average Bonchev–Trinajstić information content (AvgIpc) is 2.56. The van der Waals surface area contributed by atoms with Crippen LogP contribution in [0.25, 0.3) is 0 Å². The Morgan fingerprint density at radius 3 is 1.74 bits per heavy atom. The van der Waals surface area contributed by atoms with Gasteiger partial charge in [-0.1, -0.05) is 60.7 Å². The van der Waals surface area contributed by atoms with Crippen molar-refractivity contribution in [3.8, 4) is 0 Å². The molecule has 0 heterocycles. The molecule has 2 aromatic rings. The van der Waals surface area contributed by atoms with Crippen LogP contribution >= 0.6 is 0 Å². The summed E-state index contributed by atoms with van der Waals surface area (Å²) in [5.74, 6) is -0.978. The Kier molecular flexibility index (Phi) is 6.75. The summed E-state index contributed by atoms with van der Waals surface area (Å²) in [6.07, 6.45) is -1.000. The van der Waals surface area contributed by atoms with Crippen LogP contribution in [0.3, 0.4) is 0 Å². The molecule has 5 heteroatoms. The minimum atomic E-state index is -0.978. The van der Waals surface area contributed by atoms with Crippen LogP contribution in [0.5, 0.6) is 0 Å². The zero-order valence-electron chi connectivity index (χ0n) is 12.8. The third-order valence-corrected chi connectivity index (χ3v) is 3.27. The van der Waals surface area contributed by atoms with E-state index in [1.54, 1.807) is 0 Å². The normalized spacial score (nSPS) is 12.3. The van der Waals surface area contributed by atoms with Crippen LogP contribution in [0.2, 0.25) is 0 Å². The maximum Gasteiger partial charge on any atom is 0.305 e. The first-order chi connectivity index (χ1) is 11.1. The number of nitrogens with two attached hydrogens (primary N) is 1. The molecular formula is C18H21NO4. The quantitative estimate of drug-likeness (QED) is 0.695. The first-order valence-electron chi connectivity index (χ1n) is 7.43. The topological polar surface area (TPSA) is 81.8 Å². The second-order valence-corrected chi connectivity index (χ2v) is 5.22. The number of hydrogen-bond acceptors (Lipinski definition) is 4. The van der Waals surface area contributed by atoms with Gasteiger partial charge in [0.15, 0.2) is 6.29 Å². The van der Waals surface area contributed by atoms with Crippen LogP contribution in [0, 0.1) is 0 Å². The first-order valence-corrected chi connectivity index (χ1v) is 7.43. The van der Waals surface area contributed by atoms with Crippen molar-refractivity contribution in [3.63, 3.8) is 0 Å². The fourth-order valence-corrected chi connectivity index (χ4v) is 2.10. The minimum Gasteiger partial charge on any atom is -0.481 e. The third-order valence-electron chi connectivity index (χ3n) is 3.27. The summed E-state index contributed by atoms with van der Waals surface area (Å²) in [5.41, 5.74) is 7.87. The van der Waals surface area contributed by atoms with E-state index in [0.717, 1.165) is 11.1 Å². The van der Waals surface area contributed by atoms with Gasteiger partial charge in [-0.3, -0.25) is 4.79 Å². The zero-order chi connectivity index (χ0) is 16.5. The molecule has 0 saturated heterocycles. The lowest BCUT2D eigenvalue weighted by atomic mass is 10.2. The Hall–Kier alpha value is -2.21. The van der Waals surface area contributed by atoms with Gasteiger partial charge in [0, 0.05) is 0 Å². The number of rotatable bonds is 9. The zero-order valence-corrected chi connectivity index (χ0v) is 12.8. The van der Waals surface area contributed by atoms with Crippen LogP contribution in [-0.4, -0.2) is 23.4 Å². The second-order valence-electron chi connectivity index (χ2n) is 5.22. The molecule has 0 amide bonds. The Labute approximate surface area is 135 Å². The van der Waals surface area contributed by atoms with Gasteiger partial charge >= 0.3 is 5.97 Å². The highest BCUT2D eigenvalue weighted by atomic mass is 16.7. The maximum absolute atomic E-state index is 10.9. The Bertz CT molecular complexity index is 545. The monoisotopic (exact) mass is 315 g/mol. The van der Waals surface area contributed by atoms with E-state index in [9.17, 15) is 4.79 Å². The van der Waals surface area contributed by atoms with E-state index in [1.807, 2.05) is 60.7 Å². The predicted octanol–water partition coefficient (Wildman–Crippen LogP) is 2.55. The fourth-order valence-electron chi connectivity index (χ4n) is 2.10. The van der Waals surface area contributed by atoms with Crippen LogP contribution in [0.4, 0.5) is 0 Å². The minimum absolute atomic E-state index is 0.214. The molecule has 0 aromatic heterocycles. The number of aliphatic carboxylic acids is 1. The standard InChI is InChI=1S/C18H21NO4/c19-16(11-17(20)21)18(22-12-14-7-3-1-4-8-14)23-13-15-9-5-2-6-10-15/h1-10,16,18H,11-13,19H2,(H,20,21). The summed E-state index contributed by atoms with van der Waals surface area (Å²) >= 11 is 0. The lowest BCUT2D eigenvalue weighted by Gasteiger charge is -2.23. The van der Waals surface area contributed by atoms with Gasteiger partial charge in [0.25, 0.3) is 0 Å². The molecule has 1 atom stereocenters. The second kappa shape index (κ2) is 9.05. The van der Waals surface area contributed by atoms with E-state index >= 15 is 0 Å². The summed E-state index contributed by atoms with van der Waals surface area (Å²) in [7, 11) is 0. The van der Waals surface area contributed by atoms with Gasteiger partial charge in [0.2, 0.25) is 0 Å². The van der Waals surface area contributed by atoms with Crippen molar-refractivity contribution in [3.05, 3.63) is 71.8 Å². The van der Waals surface area contributed by atoms with Crippen LogP contribution in [0.1, 0.15) is 17.5 Å². The molecule has 0 aliphatic heterocycles. The average molecular weight is 315 g/mol. The van der Waals surface area contributed by atoms with Gasteiger partial charge in [-0.25, -0.2) is 0 Å². The molecule has 122 valence electrons. The largest absolute Gasteiger partial charge is 0.481 e. The van der Waals surface area contributed by atoms with Crippen molar-refractivity contribution in [2.75, 3.05) is 0 Å². The fraction of sp³-hybridized carbons (Fsp3) is 0.278. The molecule has 0 radical (unpaired) electrons. The Balaban J connectivity index is 1.94. The number of ether oxygens (including phenoxy) is 2. The summed E-state index contributed by atoms with van der Waals surface area (Å²) < 4.78 is 11.4. The summed E-state index contributed by atoms with van der Waals surface area (Å²) in [6, 6.07) is 18.5. The van der Waals surface area contributed by atoms with Crippen molar-refractivity contribution in [2.45, 2.75) is 32.0 Å². The molecule has 3 N–H and O–H groups in total. The van der Waals surface area contributed by atoms with E-state index in [2.05, 4.69) is 0 Å². The molecule has 0 saturated carbocycles. The molecule has 2 rings (SSSR count). The van der Waals surface area contributed by atoms with Gasteiger partial charge in [0.05, 0.1) is 25.7 Å². The van der Waals surface area contributed by atoms with Gasteiger partial charge in [-0.2, -0.15) is 0 Å². The molecule has 0 fully saturated rings. The van der Waals surface area contributed by atoms with Crippen LogP contribution in [-0.2, 0) is 27.5 Å². The number of benzene rings is 2. The molecule has 0 spiro atoms. The summed E-state index contributed by atoms with van der Waals surface area (Å²) in [5, 5.41) is 8.91. The molecule has 23 heavy (non-hydrogen) atoms. The summed E-state index contributed by atoms with van der Waals surface area (Å²) in [6.45, 7) is 0.626. The summed E-state index contributed by atoms with van der Waals surface area (Å²) in [4.78, 5) is 10.9. The first kappa shape index (κ1) is 17.1. The van der Waals surface area contributed by atoms with E-state index < -0.39 is 18.3 Å². The number of carbonyl (C=O) groups is 1. The van der Waals surface area contributed by atoms with Crippen molar-refractivity contribution < 1.29 is 19.4 Å². The van der Waals surface area contributed by atoms with E-state index in [4.69, 9.17) is 20.3 Å². The highest BCUT2D eigenvalue weighted by Crippen LogP contribution is 2.12. The van der Waals surface area contributed by atoms with Gasteiger partial charge in [-0.15, -0.1) is 0 Å². The van der Waals surface area contributed by atoms with Crippen molar-refractivity contribution in [1.29, 1.82) is 0 Å². The molecule has 0 aliphatic carbocycles. The van der Waals surface area contributed by atoms with Crippen molar-refractivity contribution in [1.82, 2.24) is 0 Å². The molecule has 2 aromatic carbocycles. The number of carboxylic acid groups (broad SMARTS) is 1. The van der Waals surface area contributed by atoms with Gasteiger partial charge in [-0.05, 0) is 11.1 Å². The van der Waals surface area contributed by atoms with Gasteiger partial charge in [0.1, 0.15) is 0 Å². The van der Waals surface area contributed by atoms with Gasteiger partial charge < -0.3 is 20.3 Å². The van der Waals surface area contributed by atoms with Crippen molar-refractivity contribution in [2.24, 2.45) is 5.73 Å². The number of carboxylic acids is 1. The Morgan fingerprint density at radius 1 is 0.913 bits per heavy atom. The van der Waals surface area contributed by atoms with E-state index in [-0.39, 0.29) is 6.42 Å². The molecule has 0 aliphatic rings. The van der Waals surface area contributed by atoms with Crippen LogP contribution < -0.4 is 5.73 Å². The highest BCUT2D eigenvalue weighted by Gasteiger charge is 2.22. The van der Waals surface area contributed by atoms with Crippen molar-refractivity contribution >= 4 is 5.97 Å². The predicted molar refractivity (Wildman–Crippen MR) is 86.5 cm³/mol.